The number of rotatable bonds is 5. The summed E-state index contributed by atoms with van der Waals surface area (Å²) in [4.78, 5) is 0. The summed E-state index contributed by atoms with van der Waals surface area (Å²) in [5, 5.41) is 29.6. The molecule has 0 atom stereocenters. The van der Waals surface area contributed by atoms with Gasteiger partial charge in [0.15, 0.2) is 0 Å². The molecule has 0 spiro atoms. The first-order valence-corrected chi connectivity index (χ1v) is 23.5. The number of aromatic nitrogens is 3. The van der Waals surface area contributed by atoms with E-state index < -0.39 is 0 Å². The monoisotopic (exact) mass is 881 g/mol. The van der Waals surface area contributed by atoms with Crippen LogP contribution in [0.1, 0.15) is 11.1 Å². The molecule has 14 rings (SSSR count). The van der Waals surface area contributed by atoms with Gasteiger partial charge >= 0.3 is 0 Å². The molecule has 10 aromatic carbocycles. The van der Waals surface area contributed by atoms with E-state index in [2.05, 4.69) is 220 Å². The Morgan fingerprint density at radius 3 is 1.75 bits per heavy atom. The topological polar surface area (TPSA) is 62.4 Å². The Balaban J connectivity index is 1.09. The Morgan fingerprint density at radius 1 is 0.338 bits per heavy atom. The number of nitrogens with zero attached hydrogens (tertiary/aromatic N) is 5. The van der Waals surface area contributed by atoms with Crippen LogP contribution in [0.5, 0.6) is 0 Å². The van der Waals surface area contributed by atoms with E-state index in [0.29, 0.717) is 11.1 Å². The van der Waals surface area contributed by atoms with Crippen molar-refractivity contribution in [2.24, 2.45) is 0 Å². The Hall–Kier alpha value is -9.20. The first kappa shape index (κ1) is 38.1. The van der Waals surface area contributed by atoms with Crippen LogP contribution < -0.4 is 0 Å². The fraction of sp³-hybridized carbons (Fsp3) is 0. The molecule has 0 aliphatic rings. The zero-order valence-corrected chi connectivity index (χ0v) is 37.2. The Bertz CT molecular complexity index is 4500. The van der Waals surface area contributed by atoms with Crippen molar-refractivity contribution in [2.75, 3.05) is 0 Å². The maximum absolute atomic E-state index is 9.91. The third-order valence-corrected chi connectivity index (χ3v) is 15.0. The highest BCUT2D eigenvalue weighted by Crippen LogP contribution is 2.45. The van der Waals surface area contributed by atoms with Crippen molar-refractivity contribution in [3.05, 3.63) is 223 Å². The SMILES string of the molecule is N#Cc1cc(C#N)cc(-c2cccc(-c3ccc(-n4c5ccccc5c5c4ccc4c6ccccc6n(-c6ccccc6)c45)cc3-n3c4ccccc4c4cc5c(cc43)sc3ccccc35)c2)c1. The molecule has 0 N–H and O–H groups in total. The fourth-order valence-corrected chi connectivity index (χ4v) is 12.1. The van der Waals surface area contributed by atoms with Crippen molar-refractivity contribution in [3.63, 3.8) is 0 Å². The van der Waals surface area contributed by atoms with Gasteiger partial charge in [0.05, 0.1) is 62.1 Å². The summed E-state index contributed by atoms with van der Waals surface area (Å²) >= 11 is 1.84. The Kier molecular flexibility index (Phi) is 8.21. The van der Waals surface area contributed by atoms with Gasteiger partial charge in [-0.15, -0.1) is 11.3 Å². The van der Waals surface area contributed by atoms with Gasteiger partial charge in [0, 0.05) is 69.4 Å². The lowest BCUT2D eigenvalue weighted by atomic mass is 9.95. The van der Waals surface area contributed by atoms with Gasteiger partial charge in [-0.2, -0.15) is 10.5 Å². The quantitative estimate of drug-likeness (QED) is 0.173. The van der Waals surface area contributed by atoms with Gasteiger partial charge in [0.1, 0.15) is 0 Å². The molecule has 68 heavy (non-hydrogen) atoms. The molecule has 0 aliphatic heterocycles. The van der Waals surface area contributed by atoms with Gasteiger partial charge < -0.3 is 13.7 Å². The molecule has 314 valence electrons. The van der Waals surface area contributed by atoms with Crippen LogP contribution in [0.25, 0.3) is 125 Å². The summed E-state index contributed by atoms with van der Waals surface area (Å²) in [7, 11) is 0. The lowest BCUT2D eigenvalue weighted by Gasteiger charge is -2.18. The average molecular weight is 882 g/mol. The molecule has 6 heteroatoms. The van der Waals surface area contributed by atoms with Gasteiger partial charge in [-0.1, -0.05) is 121 Å². The number of hydrogen-bond donors (Lipinski definition) is 0. The average Bonchev–Trinajstić information content (AvgIpc) is 4.14. The number of hydrogen-bond acceptors (Lipinski definition) is 3. The van der Waals surface area contributed by atoms with E-state index >= 15 is 0 Å². The molecular weight excluding hydrogens is 847 g/mol. The summed E-state index contributed by atoms with van der Waals surface area (Å²) in [5.74, 6) is 0. The smallest absolute Gasteiger partial charge is 0.0992 e. The first-order chi connectivity index (χ1) is 33.6. The predicted molar refractivity (Wildman–Crippen MR) is 283 cm³/mol. The maximum atomic E-state index is 9.91. The van der Waals surface area contributed by atoms with Crippen LogP contribution in [0.3, 0.4) is 0 Å². The Morgan fingerprint density at radius 2 is 0.985 bits per heavy atom. The number of para-hydroxylation sites is 4. The first-order valence-electron chi connectivity index (χ1n) is 22.7. The number of fused-ring (bicyclic) bond motifs is 13. The molecule has 14 aromatic rings. The lowest BCUT2D eigenvalue weighted by Crippen LogP contribution is -2.01. The highest BCUT2D eigenvalue weighted by Gasteiger charge is 2.23. The van der Waals surface area contributed by atoms with Crippen molar-refractivity contribution in [2.45, 2.75) is 0 Å². The lowest BCUT2D eigenvalue weighted by molar-refractivity contribution is 1.14. The number of nitriles is 2. The van der Waals surface area contributed by atoms with Crippen molar-refractivity contribution >= 4 is 96.9 Å². The molecule has 0 fully saturated rings. The second-order valence-corrected chi connectivity index (χ2v) is 18.6. The van der Waals surface area contributed by atoms with Gasteiger partial charge in [0.25, 0.3) is 0 Å². The van der Waals surface area contributed by atoms with Gasteiger partial charge in [-0.3, -0.25) is 0 Å². The van der Waals surface area contributed by atoms with E-state index in [1.807, 2.05) is 23.5 Å². The van der Waals surface area contributed by atoms with Crippen molar-refractivity contribution < 1.29 is 0 Å². The second-order valence-electron chi connectivity index (χ2n) is 17.5. The van der Waals surface area contributed by atoms with Crippen LogP contribution in [0.4, 0.5) is 0 Å². The molecule has 0 bridgehead atoms. The second kappa shape index (κ2) is 14.7. The summed E-state index contributed by atoms with van der Waals surface area (Å²) in [6, 6.07) is 80.4. The van der Waals surface area contributed by atoms with Crippen LogP contribution in [-0.2, 0) is 0 Å². The normalized spacial score (nSPS) is 11.8. The third kappa shape index (κ3) is 5.53. The summed E-state index contributed by atoms with van der Waals surface area (Å²) in [6.45, 7) is 0. The van der Waals surface area contributed by atoms with Gasteiger partial charge in [-0.05, 0) is 108 Å². The molecule has 4 heterocycles. The number of benzene rings is 10. The predicted octanol–water partition coefficient (Wildman–Crippen LogP) is 16.4. The van der Waals surface area contributed by atoms with Crippen LogP contribution in [-0.4, -0.2) is 13.7 Å². The molecule has 0 saturated carbocycles. The minimum atomic E-state index is 0.458. The van der Waals surface area contributed by atoms with E-state index in [1.54, 1.807) is 6.07 Å². The molecule has 0 aliphatic carbocycles. The van der Waals surface area contributed by atoms with E-state index in [4.69, 9.17) is 0 Å². The van der Waals surface area contributed by atoms with Crippen LogP contribution >= 0.6 is 11.3 Å². The van der Waals surface area contributed by atoms with E-state index in [-0.39, 0.29) is 0 Å². The summed E-state index contributed by atoms with van der Waals surface area (Å²) < 4.78 is 9.86. The maximum Gasteiger partial charge on any atom is 0.0992 e. The number of thiophene rings is 1. The fourth-order valence-electron chi connectivity index (χ4n) is 11.0. The van der Waals surface area contributed by atoms with Crippen LogP contribution in [0.2, 0.25) is 0 Å². The van der Waals surface area contributed by atoms with E-state index in [9.17, 15) is 10.5 Å². The molecule has 0 radical (unpaired) electrons. The molecular formula is C62H35N5S. The zero-order valence-electron chi connectivity index (χ0n) is 36.4. The van der Waals surface area contributed by atoms with Gasteiger partial charge in [0.2, 0.25) is 0 Å². The summed E-state index contributed by atoms with van der Waals surface area (Å²) in [6.07, 6.45) is 0. The zero-order chi connectivity index (χ0) is 45.0. The van der Waals surface area contributed by atoms with Crippen molar-refractivity contribution in [1.82, 2.24) is 13.7 Å². The molecule has 4 aromatic heterocycles. The molecule has 5 nitrogen and oxygen atoms in total. The molecule has 0 unspecified atom stereocenters. The van der Waals surface area contributed by atoms with Crippen LogP contribution in [0.15, 0.2) is 212 Å². The van der Waals surface area contributed by atoms with E-state index in [0.717, 1.165) is 61.4 Å². The van der Waals surface area contributed by atoms with Crippen LogP contribution in [0, 0.1) is 22.7 Å². The minimum Gasteiger partial charge on any atom is -0.309 e. The summed E-state index contributed by atoms with van der Waals surface area (Å²) in [5.41, 5.74) is 14.8. The van der Waals surface area contributed by atoms with Gasteiger partial charge in [-0.25, -0.2) is 0 Å². The molecule has 0 saturated heterocycles. The highest BCUT2D eigenvalue weighted by molar-refractivity contribution is 7.25. The van der Waals surface area contributed by atoms with E-state index in [1.165, 1.54) is 63.5 Å². The minimum absolute atomic E-state index is 0.458. The highest BCUT2D eigenvalue weighted by atomic mass is 32.1. The molecule has 0 amide bonds. The Labute approximate surface area is 394 Å². The largest absolute Gasteiger partial charge is 0.309 e. The van der Waals surface area contributed by atoms with Crippen molar-refractivity contribution in [3.8, 4) is 51.5 Å². The standard InChI is InChI=1S/C62H35N5S/c63-36-38-29-39(37-64)31-42(30-38)40-13-12-14-41(32-40)45-26-25-44(33-57(45)67-54-22-9-5-18-47(54)51-34-52-48-19-7-11-24-59(48)68-60(52)35-58(51)67)65-55-23-10-6-20-50(55)61-56(65)28-27-49-46-17-4-8-21-53(46)66(62(49)61)43-15-2-1-3-16-43/h1-35H. The third-order valence-electron chi connectivity index (χ3n) is 13.8. The van der Waals surface area contributed by atoms with Crippen molar-refractivity contribution in [1.29, 1.82) is 10.5 Å².